The third-order valence-corrected chi connectivity index (χ3v) is 1.22. The third-order valence-electron chi connectivity index (χ3n) is 1.22. The van der Waals surface area contributed by atoms with Gasteiger partial charge in [0.2, 0.25) is 0 Å². The first kappa shape index (κ1) is 18.4. The van der Waals surface area contributed by atoms with Gasteiger partial charge in [0.05, 0.1) is 12.3 Å². The number of allylic oxidation sites excluding steroid dienone is 1. The Morgan fingerprint density at radius 2 is 1.85 bits per heavy atom. The van der Waals surface area contributed by atoms with Crippen molar-refractivity contribution >= 4 is 41.5 Å². The van der Waals surface area contributed by atoms with Crippen molar-refractivity contribution in [3.63, 3.8) is 0 Å². The molecule has 0 aromatic carbocycles. The number of hydrogen-bond donors (Lipinski definition) is 2. The topological polar surface area (TPSA) is 106 Å². The zero-order chi connectivity index (χ0) is 8.85. The quantitative estimate of drug-likeness (QED) is 0.450. The molecule has 1 unspecified atom stereocenters. The van der Waals surface area contributed by atoms with E-state index in [1.165, 1.54) is 6.08 Å². The Kier molecular flexibility index (Phi) is 13.8. The molecule has 0 spiro atoms. The fraction of sp³-hybridized carbons (Fsp3) is 0.429. The minimum absolute atomic E-state index is 0. The average Bonchev–Trinajstić information content (AvgIpc) is 1.86. The van der Waals surface area contributed by atoms with E-state index in [1.54, 1.807) is 0 Å². The summed E-state index contributed by atoms with van der Waals surface area (Å²) >= 11 is 0. The van der Waals surface area contributed by atoms with Gasteiger partial charge in [0.15, 0.2) is 0 Å². The predicted molar refractivity (Wildman–Crippen MR) is 49.0 cm³/mol. The molecule has 6 heteroatoms. The molecule has 0 amide bonds. The van der Waals surface area contributed by atoms with Crippen LogP contribution in [0.1, 0.15) is 12.8 Å². The Balaban J connectivity index is -0.000000500. The van der Waals surface area contributed by atoms with Crippen LogP contribution < -0.4 is 0 Å². The molecule has 0 fully saturated rings. The molecule has 0 bridgehead atoms. The molecule has 0 aromatic heterocycles. The van der Waals surface area contributed by atoms with Gasteiger partial charge in [-0.1, -0.05) is 6.08 Å². The Hall–Kier alpha value is -0.360. The maximum atomic E-state index is 10.3. The molecule has 0 radical (unpaired) electrons. The van der Waals surface area contributed by atoms with Crippen LogP contribution in [-0.2, 0) is 9.59 Å². The second kappa shape index (κ2) is 9.73. The number of carboxylic acids is 2. The van der Waals surface area contributed by atoms with Crippen LogP contribution in [0.25, 0.3) is 0 Å². The second-order valence-corrected chi connectivity index (χ2v) is 2.16. The molecule has 4 N–H and O–H groups in total. The first-order valence-electron chi connectivity index (χ1n) is 3.13. The summed E-state index contributed by atoms with van der Waals surface area (Å²) in [4.78, 5) is 20.4. The molecule has 0 saturated carbocycles. The molecule has 72 valence electrons. The van der Waals surface area contributed by atoms with Crippen molar-refractivity contribution in [2.75, 3.05) is 0 Å². The van der Waals surface area contributed by atoms with E-state index in [2.05, 4.69) is 6.58 Å². The molecule has 13 heavy (non-hydrogen) atoms. The fourth-order valence-electron chi connectivity index (χ4n) is 0.683. The summed E-state index contributed by atoms with van der Waals surface area (Å²) in [5.74, 6) is -3.03. The van der Waals surface area contributed by atoms with E-state index < -0.39 is 17.9 Å². The van der Waals surface area contributed by atoms with Crippen LogP contribution in [0.2, 0.25) is 0 Å². The van der Waals surface area contributed by atoms with Crippen LogP contribution >= 0.6 is 0 Å². The molecule has 0 heterocycles. The number of rotatable bonds is 5. The van der Waals surface area contributed by atoms with Gasteiger partial charge in [0.1, 0.15) is 0 Å². The molecule has 0 aliphatic heterocycles. The zero-order valence-electron chi connectivity index (χ0n) is 6.49. The Bertz CT molecular complexity index is 180. The monoisotopic (exact) mass is 200 g/mol. The third kappa shape index (κ3) is 9.55. The molecule has 0 aliphatic carbocycles. The molecular weight excluding hydrogens is 187 g/mol. The summed E-state index contributed by atoms with van der Waals surface area (Å²) in [7, 11) is 0. The number of carboxylic acid groups (broad SMARTS) is 2. The molecule has 0 aromatic rings. The van der Waals surface area contributed by atoms with Crippen LogP contribution in [0, 0.1) is 5.92 Å². The number of carbonyl (C=O) groups is 2. The fourth-order valence-corrected chi connectivity index (χ4v) is 0.683. The van der Waals surface area contributed by atoms with Crippen molar-refractivity contribution in [1.82, 2.24) is 0 Å². The van der Waals surface area contributed by atoms with E-state index >= 15 is 0 Å². The molecule has 0 aliphatic rings. The molecule has 1 atom stereocenters. The van der Waals surface area contributed by atoms with Crippen LogP contribution in [0.4, 0.5) is 0 Å². The van der Waals surface area contributed by atoms with E-state index in [9.17, 15) is 9.59 Å². The predicted octanol–water partition coefficient (Wildman–Crippen LogP) is -0.735. The summed E-state index contributed by atoms with van der Waals surface area (Å²) in [6, 6.07) is 0. The van der Waals surface area contributed by atoms with Gasteiger partial charge in [0, 0.05) is 0 Å². The van der Waals surface area contributed by atoms with Crippen molar-refractivity contribution in [2.45, 2.75) is 12.8 Å². The van der Waals surface area contributed by atoms with Gasteiger partial charge in [-0.3, -0.25) is 9.59 Å². The van der Waals surface area contributed by atoms with Crippen LogP contribution in [0.5, 0.6) is 0 Å². The van der Waals surface area contributed by atoms with E-state index in [0.717, 1.165) is 0 Å². The Morgan fingerprint density at radius 1 is 1.38 bits per heavy atom. The van der Waals surface area contributed by atoms with Crippen molar-refractivity contribution in [3.8, 4) is 0 Å². The standard InChI is InChI=1S/C7H10O4.Na.H2O.H/c1-2-3-5(7(10)11)4-6(8)9;;;/h2,5H,1,3-4H2,(H,8,9)(H,10,11);;1H2;. The summed E-state index contributed by atoms with van der Waals surface area (Å²) < 4.78 is 0. The average molecular weight is 200 g/mol. The van der Waals surface area contributed by atoms with Gasteiger partial charge in [-0.15, -0.1) is 6.58 Å². The minimum atomic E-state index is -1.10. The van der Waals surface area contributed by atoms with Gasteiger partial charge in [0.25, 0.3) is 0 Å². The van der Waals surface area contributed by atoms with Gasteiger partial charge >= 0.3 is 41.5 Å². The summed E-state index contributed by atoms with van der Waals surface area (Å²) in [5, 5.41) is 16.7. The summed E-state index contributed by atoms with van der Waals surface area (Å²) in [6.07, 6.45) is 1.25. The van der Waals surface area contributed by atoms with Gasteiger partial charge < -0.3 is 15.7 Å². The summed E-state index contributed by atoms with van der Waals surface area (Å²) in [5.41, 5.74) is 0. The van der Waals surface area contributed by atoms with Crippen molar-refractivity contribution in [1.29, 1.82) is 0 Å². The second-order valence-electron chi connectivity index (χ2n) is 2.16. The van der Waals surface area contributed by atoms with E-state index in [-0.39, 0.29) is 47.9 Å². The first-order valence-corrected chi connectivity index (χ1v) is 3.13. The number of hydrogen-bond acceptors (Lipinski definition) is 2. The van der Waals surface area contributed by atoms with Crippen molar-refractivity contribution in [2.24, 2.45) is 5.92 Å². The maximum absolute atomic E-state index is 10.3. The molecule has 0 rings (SSSR count). The normalized spacial score (nSPS) is 10.2. The Labute approximate surface area is 98.0 Å². The molecule has 5 nitrogen and oxygen atoms in total. The van der Waals surface area contributed by atoms with Crippen molar-refractivity contribution in [3.05, 3.63) is 12.7 Å². The Morgan fingerprint density at radius 3 is 2.08 bits per heavy atom. The van der Waals surface area contributed by atoms with Crippen LogP contribution in [0.15, 0.2) is 12.7 Å². The zero-order valence-corrected chi connectivity index (χ0v) is 6.49. The van der Waals surface area contributed by atoms with Gasteiger partial charge in [-0.05, 0) is 6.42 Å². The van der Waals surface area contributed by atoms with E-state index in [1.807, 2.05) is 0 Å². The molecule has 0 saturated heterocycles. The van der Waals surface area contributed by atoms with Gasteiger partial charge in [-0.2, -0.15) is 0 Å². The van der Waals surface area contributed by atoms with Crippen molar-refractivity contribution < 1.29 is 25.3 Å². The number of aliphatic carboxylic acids is 2. The van der Waals surface area contributed by atoms with E-state index in [0.29, 0.717) is 0 Å². The molecular formula is C7H13NaO5. The van der Waals surface area contributed by atoms with E-state index in [4.69, 9.17) is 10.2 Å². The first-order chi connectivity index (χ1) is 5.07. The van der Waals surface area contributed by atoms with Crippen LogP contribution in [-0.4, -0.2) is 57.2 Å². The van der Waals surface area contributed by atoms with Crippen LogP contribution in [0.3, 0.4) is 0 Å². The SMILES string of the molecule is C=CCC(CC(=O)O)C(=O)O.O.[NaH]. The van der Waals surface area contributed by atoms with Gasteiger partial charge in [-0.25, -0.2) is 0 Å². The summed E-state index contributed by atoms with van der Waals surface area (Å²) in [6.45, 7) is 3.33.